The van der Waals surface area contributed by atoms with Crippen molar-refractivity contribution in [2.75, 3.05) is 0 Å². The molecule has 1 N–H and O–H groups in total. The van der Waals surface area contributed by atoms with Crippen molar-refractivity contribution in [2.45, 2.75) is 32.7 Å². The topological polar surface area (TPSA) is 29.1 Å². The van der Waals surface area contributed by atoms with Crippen LogP contribution in [0.3, 0.4) is 0 Å². The molecule has 3 rings (SSSR count). The second kappa shape index (κ2) is 5.45. The SMILES string of the molecule is Cc1cccc(C(=O)/C=C2\NC(C)(C)Cc3ccccc32)c1. The zero-order valence-electron chi connectivity index (χ0n) is 13.3. The van der Waals surface area contributed by atoms with E-state index in [1.165, 1.54) is 5.56 Å². The lowest BCUT2D eigenvalue weighted by Gasteiger charge is -2.35. The Hall–Kier alpha value is -2.35. The van der Waals surface area contributed by atoms with Crippen LogP contribution in [0.2, 0.25) is 0 Å². The van der Waals surface area contributed by atoms with Crippen LogP contribution in [0.1, 0.15) is 40.9 Å². The summed E-state index contributed by atoms with van der Waals surface area (Å²) in [6.45, 7) is 6.32. The Morgan fingerprint density at radius 1 is 1.14 bits per heavy atom. The Morgan fingerprint density at radius 3 is 2.68 bits per heavy atom. The normalized spacial score (nSPS) is 17.7. The van der Waals surface area contributed by atoms with Gasteiger partial charge in [-0.2, -0.15) is 0 Å². The quantitative estimate of drug-likeness (QED) is 0.665. The van der Waals surface area contributed by atoms with E-state index in [2.05, 4.69) is 37.4 Å². The van der Waals surface area contributed by atoms with Crippen molar-refractivity contribution < 1.29 is 4.79 Å². The van der Waals surface area contributed by atoms with E-state index < -0.39 is 0 Å². The van der Waals surface area contributed by atoms with Crippen molar-refractivity contribution >= 4 is 11.5 Å². The van der Waals surface area contributed by atoms with Gasteiger partial charge in [-0.05, 0) is 38.8 Å². The third-order valence-electron chi connectivity index (χ3n) is 3.99. The minimum absolute atomic E-state index is 0.0405. The van der Waals surface area contributed by atoms with Crippen LogP contribution in [-0.4, -0.2) is 11.3 Å². The van der Waals surface area contributed by atoms with Crippen LogP contribution < -0.4 is 5.32 Å². The summed E-state index contributed by atoms with van der Waals surface area (Å²) in [6, 6.07) is 16.0. The highest BCUT2D eigenvalue weighted by atomic mass is 16.1. The summed E-state index contributed by atoms with van der Waals surface area (Å²) >= 11 is 0. The number of aryl methyl sites for hydroxylation is 1. The number of carbonyl (C=O) groups is 1. The van der Waals surface area contributed by atoms with Crippen molar-refractivity contribution in [3.8, 4) is 0 Å². The maximum atomic E-state index is 12.6. The van der Waals surface area contributed by atoms with Gasteiger partial charge < -0.3 is 5.32 Å². The van der Waals surface area contributed by atoms with Gasteiger partial charge in [-0.3, -0.25) is 4.79 Å². The first-order chi connectivity index (χ1) is 10.4. The van der Waals surface area contributed by atoms with Crippen LogP contribution in [0.5, 0.6) is 0 Å². The van der Waals surface area contributed by atoms with E-state index in [1.807, 2.05) is 37.3 Å². The summed E-state index contributed by atoms with van der Waals surface area (Å²) in [5.74, 6) is 0.0405. The minimum atomic E-state index is -0.0485. The fourth-order valence-corrected chi connectivity index (χ4v) is 3.02. The maximum Gasteiger partial charge on any atom is 0.187 e. The lowest BCUT2D eigenvalue weighted by Crippen LogP contribution is -2.43. The van der Waals surface area contributed by atoms with Gasteiger partial charge in [0.25, 0.3) is 0 Å². The van der Waals surface area contributed by atoms with Gasteiger partial charge in [0.15, 0.2) is 5.78 Å². The predicted molar refractivity (Wildman–Crippen MR) is 90.8 cm³/mol. The molecule has 0 fully saturated rings. The van der Waals surface area contributed by atoms with Crippen molar-refractivity contribution in [1.82, 2.24) is 5.32 Å². The third-order valence-corrected chi connectivity index (χ3v) is 3.99. The highest BCUT2D eigenvalue weighted by molar-refractivity contribution is 6.08. The molecule has 0 unspecified atom stereocenters. The highest BCUT2D eigenvalue weighted by Gasteiger charge is 2.27. The number of ketones is 1. The largest absolute Gasteiger partial charge is 0.379 e. The van der Waals surface area contributed by atoms with Gasteiger partial charge in [0.1, 0.15) is 0 Å². The molecule has 0 spiro atoms. The number of hydrogen-bond acceptors (Lipinski definition) is 2. The van der Waals surface area contributed by atoms with Crippen LogP contribution in [-0.2, 0) is 6.42 Å². The van der Waals surface area contributed by atoms with Crippen LogP contribution in [0.15, 0.2) is 54.6 Å². The maximum absolute atomic E-state index is 12.6. The summed E-state index contributed by atoms with van der Waals surface area (Å²) in [6.07, 6.45) is 2.69. The van der Waals surface area contributed by atoms with Gasteiger partial charge >= 0.3 is 0 Å². The first-order valence-electron chi connectivity index (χ1n) is 7.64. The summed E-state index contributed by atoms with van der Waals surface area (Å²) < 4.78 is 0. The Kier molecular flexibility index (Phi) is 3.61. The lowest BCUT2D eigenvalue weighted by atomic mass is 9.85. The fourth-order valence-electron chi connectivity index (χ4n) is 3.02. The first-order valence-corrected chi connectivity index (χ1v) is 7.64. The highest BCUT2D eigenvalue weighted by Crippen LogP contribution is 2.29. The molecular weight excluding hydrogens is 270 g/mol. The standard InChI is InChI=1S/C20H21NO/c1-14-7-6-9-15(11-14)19(22)12-18-17-10-5-4-8-16(17)13-20(2,3)21-18/h4-12,21H,13H2,1-3H3/b18-12-. The van der Waals surface area contributed by atoms with E-state index in [4.69, 9.17) is 0 Å². The first kappa shape index (κ1) is 14.6. The molecule has 0 atom stereocenters. The van der Waals surface area contributed by atoms with Crippen LogP contribution in [0.25, 0.3) is 5.70 Å². The molecule has 0 saturated heterocycles. The number of rotatable bonds is 2. The summed E-state index contributed by atoms with van der Waals surface area (Å²) in [5, 5.41) is 3.50. The molecule has 0 bridgehead atoms. The van der Waals surface area contributed by atoms with E-state index in [0.717, 1.165) is 28.8 Å². The lowest BCUT2D eigenvalue weighted by molar-refractivity contribution is 0.104. The third kappa shape index (κ3) is 2.96. The van der Waals surface area contributed by atoms with Gasteiger partial charge in [0, 0.05) is 28.4 Å². The molecule has 2 heteroatoms. The molecule has 0 aliphatic carbocycles. The van der Waals surface area contributed by atoms with E-state index >= 15 is 0 Å². The minimum Gasteiger partial charge on any atom is -0.379 e. The van der Waals surface area contributed by atoms with Crippen molar-refractivity contribution in [3.63, 3.8) is 0 Å². The van der Waals surface area contributed by atoms with Gasteiger partial charge in [0.05, 0.1) is 0 Å². The molecule has 0 aromatic heterocycles. The molecule has 2 aromatic carbocycles. The Bertz CT molecular complexity index is 756. The molecule has 1 aliphatic rings. The number of nitrogens with one attached hydrogen (secondary N) is 1. The summed E-state index contributed by atoms with van der Waals surface area (Å²) in [4.78, 5) is 12.6. The molecule has 0 saturated carbocycles. The molecule has 22 heavy (non-hydrogen) atoms. The van der Waals surface area contributed by atoms with Crippen molar-refractivity contribution in [1.29, 1.82) is 0 Å². The van der Waals surface area contributed by atoms with E-state index in [0.29, 0.717) is 0 Å². The molecule has 2 aromatic rings. The number of hydrogen-bond donors (Lipinski definition) is 1. The van der Waals surface area contributed by atoms with Crippen LogP contribution in [0, 0.1) is 6.92 Å². The average Bonchev–Trinajstić information content (AvgIpc) is 2.46. The van der Waals surface area contributed by atoms with Crippen LogP contribution in [0.4, 0.5) is 0 Å². The van der Waals surface area contributed by atoms with Gasteiger partial charge in [-0.15, -0.1) is 0 Å². The molecule has 2 nitrogen and oxygen atoms in total. The van der Waals surface area contributed by atoms with Crippen molar-refractivity contribution in [3.05, 3.63) is 76.9 Å². The molecule has 112 valence electrons. The molecule has 1 heterocycles. The Balaban J connectivity index is 2.01. The number of fused-ring (bicyclic) bond motifs is 1. The summed E-state index contributed by atoms with van der Waals surface area (Å²) in [7, 11) is 0. The Morgan fingerprint density at radius 2 is 1.91 bits per heavy atom. The monoisotopic (exact) mass is 291 g/mol. The molecule has 1 aliphatic heterocycles. The van der Waals surface area contributed by atoms with E-state index in [9.17, 15) is 4.79 Å². The van der Waals surface area contributed by atoms with Crippen molar-refractivity contribution in [2.24, 2.45) is 0 Å². The van der Waals surface area contributed by atoms with E-state index in [-0.39, 0.29) is 11.3 Å². The summed E-state index contributed by atoms with van der Waals surface area (Å²) in [5.41, 5.74) is 5.11. The van der Waals surface area contributed by atoms with Gasteiger partial charge in [-0.25, -0.2) is 0 Å². The average molecular weight is 291 g/mol. The second-order valence-electron chi connectivity index (χ2n) is 6.63. The number of carbonyl (C=O) groups excluding carboxylic acids is 1. The van der Waals surface area contributed by atoms with Gasteiger partial charge in [-0.1, -0.05) is 48.0 Å². The molecule has 0 radical (unpaired) electrons. The smallest absolute Gasteiger partial charge is 0.187 e. The van der Waals surface area contributed by atoms with E-state index in [1.54, 1.807) is 6.08 Å². The fraction of sp³-hybridized carbons (Fsp3) is 0.250. The number of benzene rings is 2. The predicted octanol–water partition coefficient (Wildman–Crippen LogP) is 4.14. The molecule has 0 amide bonds. The van der Waals surface area contributed by atoms with Crippen LogP contribution >= 0.6 is 0 Å². The molecular formula is C20H21NO. The Labute approximate surface area is 131 Å². The zero-order valence-corrected chi connectivity index (χ0v) is 13.3. The number of allylic oxidation sites excluding steroid dienone is 1. The van der Waals surface area contributed by atoms with Gasteiger partial charge in [0.2, 0.25) is 0 Å². The second-order valence-corrected chi connectivity index (χ2v) is 6.63. The zero-order chi connectivity index (χ0) is 15.7.